The van der Waals surface area contributed by atoms with E-state index in [2.05, 4.69) is 18.2 Å². The van der Waals surface area contributed by atoms with Crippen LogP contribution in [0.15, 0.2) is 72.8 Å². The molecule has 0 saturated carbocycles. The molecule has 1 N–H and O–H groups in total. The monoisotopic (exact) mass is 405 g/mol. The predicted molar refractivity (Wildman–Crippen MR) is 117 cm³/mol. The van der Waals surface area contributed by atoms with Crippen LogP contribution in [0.3, 0.4) is 0 Å². The minimum absolute atomic E-state index is 0.215. The number of benzene rings is 3. The second-order valence-corrected chi connectivity index (χ2v) is 7.36. The van der Waals surface area contributed by atoms with Crippen LogP contribution in [0.2, 0.25) is 0 Å². The van der Waals surface area contributed by atoms with Crippen molar-refractivity contribution >= 4 is 23.2 Å². The first-order valence-corrected chi connectivity index (χ1v) is 10.2. The molecule has 3 aromatic rings. The van der Waals surface area contributed by atoms with Gasteiger partial charge >= 0.3 is 5.97 Å². The number of carboxylic acids is 1. The van der Waals surface area contributed by atoms with Gasteiger partial charge in [-0.15, -0.1) is 0 Å². The number of aliphatic carboxylic acids is 1. The number of carboxylic acid groups (broad SMARTS) is 1. The highest BCUT2D eigenvalue weighted by Gasteiger charge is 2.32. The van der Waals surface area contributed by atoms with E-state index in [1.54, 1.807) is 0 Å². The third-order valence-electron chi connectivity index (χ3n) is 5.41. The van der Waals surface area contributed by atoms with Gasteiger partial charge in [0.1, 0.15) is 6.61 Å². The van der Waals surface area contributed by atoms with Crippen molar-refractivity contribution in [2.45, 2.75) is 38.8 Å². The molecule has 0 aliphatic rings. The Morgan fingerprint density at radius 1 is 1.00 bits per heavy atom. The molecule has 1 amide bonds. The van der Waals surface area contributed by atoms with E-state index in [9.17, 15) is 14.7 Å². The molecule has 5 heteroatoms. The number of carbonyl (C=O) groups excluding carboxylic acids is 1. The average molecular weight is 405 g/mol. The summed E-state index contributed by atoms with van der Waals surface area (Å²) in [6.07, 6.45) is 2.11. The smallest absolute Gasteiger partial charge is 0.308 e. The van der Waals surface area contributed by atoms with E-state index in [0.717, 1.165) is 21.9 Å². The van der Waals surface area contributed by atoms with Crippen LogP contribution >= 0.6 is 0 Å². The Morgan fingerprint density at radius 3 is 2.37 bits per heavy atom. The zero-order valence-corrected chi connectivity index (χ0v) is 17.1. The van der Waals surface area contributed by atoms with Gasteiger partial charge in [-0.05, 0) is 41.2 Å². The van der Waals surface area contributed by atoms with Crippen LogP contribution in [0, 0.1) is 5.92 Å². The van der Waals surface area contributed by atoms with E-state index < -0.39 is 17.9 Å². The molecule has 0 spiro atoms. The lowest BCUT2D eigenvalue weighted by molar-refractivity contribution is -0.202. The first kappa shape index (κ1) is 21.5. The Kier molecular flexibility index (Phi) is 7.57. The molecule has 3 aromatic carbocycles. The molecule has 0 heterocycles. The summed E-state index contributed by atoms with van der Waals surface area (Å²) in [7, 11) is 0. The van der Waals surface area contributed by atoms with Crippen LogP contribution in [0.5, 0.6) is 0 Å². The first-order valence-electron chi connectivity index (χ1n) is 10.2. The minimum atomic E-state index is -0.919. The number of hydrogen-bond acceptors (Lipinski definition) is 3. The molecule has 0 aliphatic heterocycles. The van der Waals surface area contributed by atoms with Gasteiger partial charge in [-0.1, -0.05) is 79.7 Å². The Hall–Kier alpha value is -3.18. The fourth-order valence-corrected chi connectivity index (χ4v) is 3.77. The predicted octanol–water partition coefficient (Wildman–Crippen LogP) is 4.84. The minimum Gasteiger partial charge on any atom is -0.481 e. The van der Waals surface area contributed by atoms with Crippen LogP contribution < -0.4 is 0 Å². The number of amides is 1. The van der Waals surface area contributed by atoms with Crippen LogP contribution in [0.4, 0.5) is 0 Å². The van der Waals surface area contributed by atoms with Gasteiger partial charge in [-0.25, -0.2) is 5.06 Å². The summed E-state index contributed by atoms with van der Waals surface area (Å²) in [6, 6.07) is 23.2. The summed E-state index contributed by atoms with van der Waals surface area (Å²) in [5, 5.41) is 13.3. The molecule has 3 rings (SSSR count). The highest BCUT2D eigenvalue weighted by Crippen LogP contribution is 2.23. The summed E-state index contributed by atoms with van der Waals surface area (Å²) in [4.78, 5) is 29.4. The van der Waals surface area contributed by atoms with Crippen molar-refractivity contribution in [3.63, 3.8) is 0 Å². The van der Waals surface area contributed by atoms with Crippen molar-refractivity contribution in [3.8, 4) is 0 Å². The van der Waals surface area contributed by atoms with E-state index in [-0.39, 0.29) is 6.61 Å². The van der Waals surface area contributed by atoms with Crippen molar-refractivity contribution in [2.24, 2.45) is 5.92 Å². The number of rotatable bonds is 11. The highest BCUT2D eigenvalue weighted by atomic mass is 16.7. The van der Waals surface area contributed by atoms with Crippen LogP contribution in [0.25, 0.3) is 10.8 Å². The quantitative estimate of drug-likeness (QED) is 0.366. The van der Waals surface area contributed by atoms with Crippen molar-refractivity contribution in [1.29, 1.82) is 0 Å². The molecule has 2 atom stereocenters. The molecule has 0 fully saturated rings. The Morgan fingerprint density at radius 2 is 1.70 bits per heavy atom. The van der Waals surface area contributed by atoms with Gasteiger partial charge in [0.15, 0.2) is 0 Å². The Labute approximate surface area is 176 Å². The zero-order valence-electron chi connectivity index (χ0n) is 17.1. The van der Waals surface area contributed by atoms with Crippen molar-refractivity contribution in [3.05, 3.63) is 83.9 Å². The summed E-state index contributed by atoms with van der Waals surface area (Å²) in [5.41, 5.74) is 2.00. The van der Waals surface area contributed by atoms with Gasteiger partial charge in [0.05, 0.1) is 12.0 Å². The lowest BCUT2D eigenvalue weighted by atomic mass is 9.90. The maximum absolute atomic E-state index is 12.0. The fraction of sp³-hybridized carbons (Fsp3) is 0.280. The van der Waals surface area contributed by atoms with E-state index in [1.807, 2.05) is 61.5 Å². The molecule has 30 heavy (non-hydrogen) atoms. The third-order valence-corrected chi connectivity index (χ3v) is 5.41. The molecular formula is C25H27NO4. The maximum Gasteiger partial charge on any atom is 0.308 e. The van der Waals surface area contributed by atoms with Crippen molar-refractivity contribution in [2.75, 3.05) is 0 Å². The van der Waals surface area contributed by atoms with E-state index in [4.69, 9.17) is 4.84 Å². The number of aryl methyl sites for hydroxylation is 1. The fourth-order valence-electron chi connectivity index (χ4n) is 3.77. The second kappa shape index (κ2) is 10.6. The zero-order chi connectivity index (χ0) is 21.3. The second-order valence-electron chi connectivity index (χ2n) is 7.36. The molecule has 5 nitrogen and oxygen atoms in total. The molecular weight excluding hydrogens is 378 g/mol. The van der Waals surface area contributed by atoms with Gasteiger partial charge in [0.25, 0.3) is 0 Å². The first-order chi connectivity index (χ1) is 14.6. The SMILES string of the molecule is CCC(C(CCc1ccc2ccccc2c1)C(=O)O)N(C=O)OCc1ccccc1. The van der Waals surface area contributed by atoms with Gasteiger partial charge in [0, 0.05) is 0 Å². The number of hydrogen-bond donors (Lipinski definition) is 1. The lowest BCUT2D eigenvalue weighted by Crippen LogP contribution is -2.42. The third kappa shape index (κ3) is 5.45. The highest BCUT2D eigenvalue weighted by molar-refractivity contribution is 5.83. The Bertz CT molecular complexity index is 973. The summed E-state index contributed by atoms with van der Waals surface area (Å²) in [6.45, 7) is 2.09. The van der Waals surface area contributed by atoms with Gasteiger partial charge in [-0.2, -0.15) is 0 Å². The summed E-state index contributed by atoms with van der Waals surface area (Å²) >= 11 is 0. The molecule has 156 valence electrons. The van der Waals surface area contributed by atoms with Gasteiger partial charge < -0.3 is 5.11 Å². The van der Waals surface area contributed by atoms with Gasteiger partial charge in [-0.3, -0.25) is 14.4 Å². The average Bonchev–Trinajstić information content (AvgIpc) is 2.78. The standard InChI is InChI=1S/C25H27NO4/c1-2-24(26(18-27)30-17-20-8-4-3-5-9-20)23(25(28)29)15-13-19-12-14-21-10-6-7-11-22(21)16-19/h3-12,14,16,18,23-24H,2,13,15,17H2,1H3,(H,28,29). The molecule has 0 aromatic heterocycles. The molecule has 0 bridgehead atoms. The van der Waals surface area contributed by atoms with E-state index in [1.165, 1.54) is 5.06 Å². The van der Waals surface area contributed by atoms with Crippen molar-refractivity contribution < 1.29 is 19.5 Å². The van der Waals surface area contributed by atoms with Crippen LogP contribution in [-0.2, 0) is 27.5 Å². The van der Waals surface area contributed by atoms with E-state index in [0.29, 0.717) is 25.7 Å². The number of carbonyl (C=O) groups is 2. The van der Waals surface area contributed by atoms with E-state index >= 15 is 0 Å². The molecule has 0 aliphatic carbocycles. The number of nitrogens with zero attached hydrogens (tertiary/aromatic N) is 1. The molecule has 0 radical (unpaired) electrons. The summed E-state index contributed by atoms with van der Waals surface area (Å²) < 4.78 is 0. The largest absolute Gasteiger partial charge is 0.481 e. The topological polar surface area (TPSA) is 66.8 Å². The number of hydroxylamine groups is 2. The Balaban J connectivity index is 1.69. The molecule has 0 saturated heterocycles. The normalized spacial score (nSPS) is 13.0. The lowest BCUT2D eigenvalue weighted by Gasteiger charge is -2.31. The van der Waals surface area contributed by atoms with Crippen molar-refractivity contribution in [1.82, 2.24) is 5.06 Å². The summed E-state index contributed by atoms with van der Waals surface area (Å²) in [5.74, 6) is -1.64. The molecule has 2 unspecified atom stereocenters. The van der Waals surface area contributed by atoms with Crippen LogP contribution in [-0.4, -0.2) is 28.6 Å². The van der Waals surface area contributed by atoms with Gasteiger partial charge in [0.2, 0.25) is 6.41 Å². The van der Waals surface area contributed by atoms with Crippen LogP contribution in [0.1, 0.15) is 30.9 Å². The number of fused-ring (bicyclic) bond motifs is 1. The maximum atomic E-state index is 12.0.